The van der Waals surface area contributed by atoms with E-state index in [4.69, 9.17) is 10.00 Å². The van der Waals surface area contributed by atoms with Gasteiger partial charge in [0, 0.05) is 45.3 Å². The lowest BCUT2D eigenvalue weighted by atomic mass is 9.93. The number of urea groups is 1. The van der Waals surface area contributed by atoms with Crippen LogP contribution in [-0.2, 0) is 26.9 Å². The SMILES string of the molecule is CCOC(=O)CCNC(=O)NCCC1CCN(c2cc(N3CC[C@H]3C(=O)NCCc3ccc(C#N)cc3)nc(C(F)(F)F)n2)CC1. The molecule has 0 spiro atoms. The molecule has 3 N–H and O–H groups in total. The maximum Gasteiger partial charge on any atom is 0.451 e. The average Bonchev–Trinajstić information content (AvgIpc) is 3.01. The first-order valence-corrected chi connectivity index (χ1v) is 15.5. The molecular weight excluding hydrogens is 605 g/mol. The fraction of sp³-hybridized carbons (Fsp3) is 0.548. The summed E-state index contributed by atoms with van der Waals surface area (Å²) in [4.78, 5) is 47.3. The first kappa shape index (κ1) is 34.3. The maximum absolute atomic E-state index is 13.8. The second kappa shape index (κ2) is 16.1. The number of nitriles is 1. The summed E-state index contributed by atoms with van der Waals surface area (Å²) in [5.74, 6) is -1.40. The quantitative estimate of drug-likeness (QED) is 0.279. The van der Waals surface area contributed by atoms with Gasteiger partial charge in [-0.2, -0.15) is 18.4 Å². The van der Waals surface area contributed by atoms with Crippen LogP contribution < -0.4 is 25.8 Å². The molecule has 15 heteroatoms. The summed E-state index contributed by atoms with van der Waals surface area (Å²) in [7, 11) is 0. The standard InChI is InChI=1S/C31H39F3N8O4/c1-2-46-27(43)9-15-38-30(45)37-14-8-22-10-16-41(17-11-22)25-19-26(40-29(39-25)31(32,33)34)42-18-12-24(42)28(44)36-13-7-21-3-5-23(20-35)6-4-21/h3-6,19,22,24H,2,7-18H2,1H3,(H,36,44)(H2,37,38,45)/t24-/m0/s1. The highest BCUT2D eigenvalue weighted by molar-refractivity contribution is 5.86. The Kier molecular flexibility index (Phi) is 12.0. The van der Waals surface area contributed by atoms with Crippen LogP contribution in [0.4, 0.5) is 29.6 Å². The Morgan fingerprint density at radius 2 is 1.67 bits per heavy atom. The summed E-state index contributed by atoms with van der Waals surface area (Å²) in [5, 5.41) is 17.2. The summed E-state index contributed by atoms with van der Waals surface area (Å²) in [6.07, 6.45) is -1.50. The van der Waals surface area contributed by atoms with Gasteiger partial charge in [0.1, 0.15) is 17.7 Å². The lowest BCUT2D eigenvalue weighted by Gasteiger charge is -2.41. The molecule has 0 bridgehead atoms. The number of hydrogen-bond acceptors (Lipinski definition) is 9. The van der Waals surface area contributed by atoms with E-state index in [1.54, 1.807) is 28.9 Å². The van der Waals surface area contributed by atoms with E-state index in [1.807, 2.05) is 12.1 Å². The van der Waals surface area contributed by atoms with Crippen molar-refractivity contribution in [3.05, 3.63) is 47.3 Å². The van der Waals surface area contributed by atoms with Gasteiger partial charge in [-0.05, 0) is 62.6 Å². The summed E-state index contributed by atoms with van der Waals surface area (Å²) in [6.45, 7) is 4.32. The number of alkyl halides is 3. The number of ether oxygens (including phenoxy) is 1. The Hall–Kier alpha value is -4.61. The molecule has 248 valence electrons. The van der Waals surface area contributed by atoms with Crippen molar-refractivity contribution in [3.63, 3.8) is 0 Å². The Morgan fingerprint density at radius 1 is 0.978 bits per heavy atom. The van der Waals surface area contributed by atoms with Crippen molar-refractivity contribution in [1.29, 1.82) is 5.26 Å². The number of nitrogens with zero attached hydrogens (tertiary/aromatic N) is 5. The predicted octanol–water partition coefficient (Wildman–Crippen LogP) is 3.16. The molecule has 2 fully saturated rings. The third-order valence-electron chi connectivity index (χ3n) is 8.06. The number of carbonyl (C=O) groups excluding carboxylic acids is 3. The van der Waals surface area contributed by atoms with Crippen molar-refractivity contribution in [2.24, 2.45) is 5.92 Å². The summed E-state index contributed by atoms with van der Waals surface area (Å²) >= 11 is 0. The lowest BCUT2D eigenvalue weighted by molar-refractivity contribution is -0.145. The van der Waals surface area contributed by atoms with Crippen LogP contribution in [-0.4, -0.2) is 79.8 Å². The monoisotopic (exact) mass is 644 g/mol. The van der Waals surface area contributed by atoms with E-state index in [0.717, 1.165) is 5.56 Å². The fourth-order valence-corrected chi connectivity index (χ4v) is 5.40. The molecule has 1 aromatic carbocycles. The largest absolute Gasteiger partial charge is 0.466 e. The molecule has 2 aromatic rings. The Balaban J connectivity index is 1.27. The van der Waals surface area contributed by atoms with Gasteiger partial charge in [0.05, 0.1) is 24.7 Å². The van der Waals surface area contributed by atoms with E-state index >= 15 is 0 Å². The van der Waals surface area contributed by atoms with Crippen LogP contribution in [0.25, 0.3) is 0 Å². The molecule has 12 nitrogen and oxygen atoms in total. The number of anilines is 2. The zero-order valence-electron chi connectivity index (χ0n) is 25.7. The van der Waals surface area contributed by atoms with E-state index in [9.17, 15) is 27.6 Å². The summed E-state index contributed by atoms with van der Waals surface area (Å²) < 4.78 is 46.3. The number of esters is 1. The zero-order chi connectivity index (χ0) is 33.1. The average molecular weight is 645 g/mol. The van der Waals surface area contributed by atoms with Gasteiger partial charge >= 0.3 is 18.2 Å². The van der Waals surface area contributed by atoms with E-state index in [1.165, 1.54) is 6.07 Å². The molecule has 3 amide bonds. The van der Waals surface area contributed by atoms with Crippen molar-refractivity contribution in [1.82, 2.24) is 25.9 Å². The minimum atomic E-state index is -4.75. The highest BCUT2D eigenvalue weighted by Crippen LogP contribution is 2.34. The molecular formula is C31H39F3N8O4. The highest BCUT2D eigenvalue weighted by atomic mass is 19.4. The Labute approximate surface area is 265 Å². The number of amides is 3. The van der Waals surface area contributed by atoms with Gasteiger partial charge in [0.25, 0.3) is 0 Å². The van der Waals surface area contributed by atoms with Gasteiger partial charge in [-0.1, -0.05) is 12.1 Å². The van der Waals surface area contributed by atoms with Crippen LogP contribution in [0, 0.1) is 17.2 Å². The second-order valence-electron chi connectivity index (χ2n) is 11.2. The molecule has 1 aromatic heterocycles. The molecule has 0 unspecified atom stereocenters. The van der Waals surface area contributed by atoms with E-state index < -0.39 is 18.0 Å². The molecule has 1 atom stereocenters. The van der Waals surface area contributed by atoms with Crippen LogP contribution in [0.15, 0.2) is 30.3 Å². The third-order valence-corrected chi connectivity index (χ3v) is 8.06. The number of carbonyl (C=O) groups is 3. The third kappa shape index (κ3) is 9.69. The molecule has 0 saturated carbocycles. The molecule has 4 rings (SSSR count). The van der Waals surface area contributed by atoms with Crippen molar-refractivity contribution in [2.75, 3.05) is 55.7 Å². The highest BCUT2D eigenvalue weighted by Gasteiger charge is 2.40. The molecule has 3 heterocycles. The summed E-state index contributed by atoms with van der Waals surface area (Å²) in [6, 6.07) is 9.61. The molecule has 0 radical (unpaired) electrons. The van der Waals surface area contributed by atoms with Crippen molar-refractivity contribution < 1.29 is 32.3 Å². The van der Waals surface area contributed by atoms with Crippen LogP contribution in [0.3, 0.4) is 0 Å². The van der Waals surface area contributed by atoms with E-state index in [-0.39, 0.29) is 55.0 Å². The maximum atomic E-state index is 13.8. The number of rotatable bonds is 13. The number of nitrogens with one attached hydrogen (secondary N) is 3. The lowest BCUT2D eigenvalue weighted by Crippen LogP contribution is -2.57. The molecule has 2 aliphatic heterocycles. The minimum Gasteiger partial charge on any atom is -0.466 e. The van der Waals surface area contributed by atoms with Crippen molar-refractivity contribution in [2.45, 2.75) is 57.7 Å². The van der Waals surface area contributed by atoms with Crippen molar-refractivity contribution >= 4 is 29.5 Å². The first-order chi connectivity index (χ1) is 22.1. The Bertz CT molecular complexity index is 1390. The van der Waals surface area contributed by atoms with Crippen LogP contribution in [0.2, 0.25) is 0 Å². The van der Waals surface area contributed by atoms with E-state index in [0.29, 0.717) is 70.4 Å². The number of piperidine rings is 1. The van der Waals surface area contributed by atoms with Crippen LogP contribution in [0.1, 0.15) is 56.0 Å². The molecule has 2 aliphatic rings. The molecule has 2 saturated heterocycles. The zero-order valence-corrected chi connectivity index (χ0v) is 25.7. The molecule has 46 heavy (non-hydrogen) atoms. The van der Waals surface area contributed by atoms with Crippen LogP contribution >= 0.6 is 0 Å². The van der Waals surface area contributed by atoms with E-state index in [2.05, 4.69) is 32.0 Å². The topological polar surface area (TPSA) is 153 Å². The van der Waals surface area contributed by atoms with Gasteiger partial charge in [-0.15, -0.1) is 0 Å². The summed E-state index contributed by atoms with van der Waals surface area (Å²) in [5.41, 5.74) is 1.50. The van der Waals surface area contributed by atoms with Gasteiger partial charge in [-0.3, -0.25) is 9.59 Å². The van der Waals surface area contributed by atoms with Gasteiger partial charge < -0.3 is 30.5 Å². The first-order valence-electron chi connectivity index (χ1n) is 15.5. The van der Waals surface area contributed by atoms with Crippen LogP contribution in [0.5, 0.6) is 0 Å². The fourth-order valence-electron chi connectivity index (χ4n) is 5.40. The number of hydrogen-bond donors (Lipinski definition) is 3. The Morgan fingerprint density at radius 3 is 2.30 bits per heavy atom. The number of benzene rings is 1. The number of halogens is 3. The predicted molar refractivity (Wildman–Crippen MR) is 163 cm³/mol. The minimum absolute atomic E-state index is 0.0658. The number of aromatic nitrogens is 2. The van der Waals surface area contributed by atoms with Gasteiger partial charge in [-0.25, -0.2) is 14.8 Å². The molecule has 0 aliphatic carbocycles. The normalized spacial score (nSPS) is 16.6. The smallest absolute Gasteiger partial charge is 0.451 e. The second-order valence-corrected chi connectivity index (χ2v) is 11.2. The van der Waals surface area contributed by atoms with Gasteiger partial charge in [0.2, 0.25) is 11.7 Å². The van der Waals surface area contributed by atoms with Crippen molar-refractivity contribution in [3.8, 4) is 6.07 Å². The van der Waals surface area contributed by atoms with Gasteiger partial charge in [0.15, 0.2) is 0 Å².